The Hall–Kier alpha value is -2.89. The van der Waals surface area contributed by atoms with Crippen molar-refractivity contribution in [3.05, 3.63) is 71.5 Å². The maximum atomic E-state index is 13.3. The lowest BCUT2D eigenvalue weighted by atomic mass is 10.1. The summed E-state index contributed by atoms with van der Waals surface area (Å²) in [6.45, 7) is 1.21. The molecule has 6 heteroatoms. The van der Waals surface area contributed by atoms with Gasteiger partial charge < -0.3 is 15.5 Å². The van der Waals surface area contributed by atoms with Crippen LogP contribution < -0.4 is 10.6 Å². The first kappa shape index (κ1) is 19.4. The number of amides is 1. The first-order valence-electron chi connectivity index (χ1n) is 8.55. The molecule has 2 aromatic rings. The van der Waals surface area contributed by atoms with Crippen molar-refractivity contribution in [1.29, 1.82) is 0 Å². The number of benzene rings is 2. The minimum Gasteiger partial charge on any atom is -0.354 e. The molecular weight excluding hydrogens is 331 g/mol. The molecule has 0 saturated carbocycles. The molecule has 0 atom stereocenters. The van der Waals surface area contributed by atoms with Crippen LogP contribution in [-0.2, 0) is 17.8 Å². The molecule has 0 unspecified atom stereocenters. The van der Waals surface area contributed by atoms with Crippen molar-refractivity contribution in [1.82, 2.24) is 15.5 Å². The standard InChI is InChI=1S/C20H25FN4O/c1-22-20(25(2)15-17-9-6-10-18(21)13-17)24-14-19(26)23-12-11-16-7-4-3-5-8-16/h3-10,13H,11-12,14-15H2,1-2H3,(H,22,24)(H,23,26). The number of guanidine groups is 1. The Morgan fingerprint density at radius 2 is 1.81 bits per heavy atom. The smallest absolute Gasteiger partial charge is 0.239 e. The summed E-state index contributed by atoms with van der Waals surface area (Å²) in [5.74, 6) is 0.213. The Labute approximate surface area is 153 Å². The van der Waals surface area contributed by atoms with E-state index in [0.29, 0.717) is 19.0 Å². The van der Waals surface area contributed by atoms with Crippen LogP contribution >= 0.6 is 0 Å². The van der Waals surface area contributed by atoms with Gasteiger partial charge in [-0.1, -0.05) is 42.5 Å². The van der Waals surface area contributed by atoms with Crippen molar-refractivity contribution in [3.63, 3.8) is 0 Å². The number of nitrogens with one attached hydrogen (secondary N) is 2. The number of rotatable bonds is 7. The zero-order valence-corrected chi connectivity index (χ0v) is 15.2. The molecule has 0 spiro atoms. The Morgan fingerprint density at radius 1 is 1.08 bits per heavy atom. The van der Waals surface area contributed by atoms with Crippen LogP contribution in [0.3, 0.4) is 0 Å². The molecule has 26 heavy (non-hydrogen) atoms. The van der Waals surface area contributed by atoms with Crippen molar-refractivity contribution >= 4 is 11.9 Å². The summed E-state index contributed by atoms with van der Waals surface area (Å²) in [5, 5.41) is 5.90. The van der Waals surface area contributed by atoms with E-state index in [2.05, 4.69) is 15.6 Å². The maximum absolute atomic E-state index is 13.3. The van der Waals surface area contributed by atoms with E-state index in [4.69, 9.17) is 0 Å². The minimum atomic E-state index is -0.267. The summed E-state index contributed by atoms with van der Waals surface area (Å²) in [6.07, 6.45) is 0.792. The third-order valence-electron chi connectivity index (χ3n) is 3.87. The lowest BCUT2D eigenvalue weighted by molar-refractivity contribution is -0.120. The molecule has 1 amide bonds. The number of carbonyl (C=O) groups is 1. The molecule has 0 heterocycles. The predicted molar refractivity (Wildman–Crippen MR) is 102 cm³/mol. The van der Waals surface area contributed by atoms with Crippen molar-refractivity contribution in [3.8, 4) is 0 Å². The molecule has 0 fully saturated rings. The summed E-state index contributed by atoms with van der Waals surface area (Å²) in [7, 11) is 3.49. The highest BCUT2D eigenvalue weighted by atomic mass is 19.1. The largest absolute Gasteiger partial charge is 0.354 e. The van der Waals surface area contributed by atoms with Gasteiger partial charge in [-0.2, -0.15) is 0 Å². The fourth-order valence-electron chi connectivity index (χ4n) is 2.58. The number of carbonyl (C=O) groups excluding carboxylic acids is 1. The second kappa shape index (κ2) is 10.2. The highest BCUT2D eigenvalue weighted by Crippen LogP contribution is 2.06. The van der Waals surface area contributed by atoms with Gasteiger partial charge in [0.15, 0.2) is 5.96 Å². The molecule has 0 aliphatic carbocycles. The van der Waals surface area contributed by atoms with Crippen molar-refractivity contribution in [2.45, 2.75) is 13.0 Å². The second-order valence-corrected chi connectivity index (χ2v) is 5.97. The van der Waals surface area contributed by atoms with Gasteiger partial charge in [-0.25, -0.2) is 4.39 Å². The van der Waals surface area contributed by atoms with Gasteiger partial charge in [0.2, 0.25) is 5.91 Å². The van der Waals surface area contributed by atoms with Gasteiger partial charge in [0.1, 0.15) is 5.82 Å². The van der Waals surface area contributed by atoms with Gasteiger partial charge in [0.05, 0.1) is 6.54 Å². The summed E-state index contributed by atoms with van der Waals surface area (Å²) in [4.78, 5) is 18.0. The van der Waals surface area contributed by atoms with Gasteiger partial charge in [-0.15, -0.1) is 0 Å². The fourth-order valence-corrected chi connectivity index (χ4v) is 2.58. The van der Waals surface area contributed by atoms with Crippen LogP contribution in [0.1, 0.15) is 11.1 Å². The topological polar surface area (TPSA) is 56.7 Å². The van der Waals surface area contributed by atoms with E-state index in [1.54, 1.807) is 13.1 Å². The average Bonchev–Trinajstić information content (AvgIpc) is 2.63. The lowest BCUT2D eigenvalue weighted by Gasteiger charge is -2.22. The van der Waals surface area contributed by atoms with Crippen molar-refractivity contribution in [2.24, 2.45) is 4.99 Å². The molecule has 0 saturated heterocycles. The molecule has 138 valence electrons. The van der Waals surface area contributed by atoms with Crippen molar-refractivity contribution < 1.29 is 9.18 Å². The normalized spacial score (nSPS) is 11.1. The molecule has 5 nitrogen and oxygen atoms in total. The zero-order chi connectivity index (χ0) is 18.8. The summed E-state index contributed by atoms with van der Waals surface area (Å²) in [6, 6.07) is 16.4. The van der Waals surface area contributed by atoms with Gasteiger partial charge in [-0.05, 0) is 29.7 Å². The van der Waals surface area contributed by atoms with Crippen molar-refractivity contribution in [2.75, 3.05) is 27.2 Å². The number of aliphatic imine (C=N–C) groups is 1. The molecule has 0 aliphatic rings. The summed E-state index contributed by atoms with van der Waals surface area (Å²) >= 11 is 0. The van der Waals surface area contributed by atoms with Crippen LogP contribution in [0.5, 0.6) is 0 Å². The average molecular weight is 356 g/mol. The first-order valence-corrected chi connectivity index (χ1v) is 8.55. The van der Waals surface area contributed by atoms with E-state index in [0.717, 1.165) is 12.0 Å². The zero-order valence-electron chi connectivity index (χ0n) is 15.2. The number of nitrogens with zero attached hydrogens (tertiary/aromatic N) is 2. The quantitative estimate of drug-likeness (QED) is 0.591. The molecule has 0 aliphatic heterocycles. The molecule has 2 rings (SSSR count). The second-order valence-electron chi connectivity index (χ2n) is 5.97. The molecular formula is C20H25FN4O. The number of halogens is 1. The Bertz CT molecular complexity index is 734. The van der Waals surface area contributed by atoms with Crippen LogP contribution in [0.2, 0.25) is 0 Å². The first-order chi connectivity index (χ1) is 12.6. The minimum absolute atomic E-state index is 0.0961. The monoisotopic (exact) mass is 356 g/mol. The molecule has 0 aromatic heterocycles. The van der Waals surface area contributed by atoms with E-state index in [9.17, 15) is 9.18 Å². The highest BCUT2D eigenvalue weighted by molar-refractivity contribution is 5.86. The lowest BCUT2D eigenvalue weighted by Crippen LogP contribution is -2.44. The predicted octanol–water partition coefficient (Wildman–Crippen LogP) is 2.19. The van der Waals surface area contributed by atoms with E-state index in [1.165, 1.54) is 17.7 Å². The Kier molecular flexibility index (Phi) is 7.61. The van der Waals surface area contributed by atoms with E-state index < -0.39 is 0 Å². The maximum Gasteiger partial charge on any atom is 0.239 e. The molecule has 0 radical (unpaired) electrons. The summed E-state index contributed by atoms with van der Waals surface area (Å²) in [5.41, 5.74) is 2.02. The SMILES string of the molecule is CN=C(NCC(=O)NCCc1ccccc1)N(C)Cc1cccc(F)c1. The number of hydrogen-bond acceptors (Lipinski definition) is 2. The van der Waals surface area contributed by atoms with Gasteiger partial charge >= 0.3 is 0 Å². The third-order valence-corrected chi connectivity index (χ3v) is 3.87. The number of hydrogen-bond donors (Lipinski definition) is 2. The van der Waals surface area contributed by atoms with E-state index in [1.807, 2.05) is 48.3 Å². The van der Waals surface area contributed by atoms with E-state index >= 15 is 0 Å². The van der Waals surface area contributed by atoms with Gasteiger partial charge in [0, 0.05) is 27.2 Å². The Balaban J connectivity index is 1.74. The Morgan fingerprint density at radius 3 is 2.50 bits per heavy atom. The van der Waals surface area contributed by atoms with E-state index in [-0.39, 0.29) is 18.3 Å². The van der Waals surface area contributed by atoms with Crippen LogP contribution in [0.4, 0.5) is 4.39 Å². The van der Waals surface area contributed by atoms with Crippen LogP contribution in [0.15, 0.2) is 59.6 Å². The van der Waals surface area contributed by atoms with Gasteiger partial charge in [-0.3, -0.25) is 9.79 Å². The van der Waals surface area contributed by atoms with Crippen LogP contribution in [0, 0.1) is 5.82 Å². The van der Waals surface area contributed by atoms with Gasteiger partial charge in [0.25, 0.3) is 0 Å². The van der Waals surface area contributed by atoms with Crippen LogP contribution in [-0.4, -0.2) is 44.0 Å². The molecule has 0 bridgehead atoms. The highest BCUT2D eigenvalue weighted by Gasteiger charge is 2.09. The molecule has 2 aromatic carbocycles. The molecule has 2 N–H and O–H groups in total. The van der Waals surface area contributed by atoms with Crippen LogP contribution in [0.25, 0.3) is 0 Å². The third kappa shape index (κ3) is 6.55. The summed E-state index contributed by atoms with van der Waals surface area (Å²) < 4.78 is 13.3. The fraction of sp³-hybridized carbons (Fsp3) is 0.300.